The fourth-order valence-corrected chi connectivity index (χ4v) is 5.04. The van der Waals surface area contributed by atoms with Crippen molar-refractivity contribution in [2.24, 2.45) is 11.3 Å². The van der Waals surface area contributed by atoms with Gasteiger partial charge in [0.05, 0.1) is 16.9 Å². The number of sulfone groups is 1. The zero-order valence-electron chi connectivity index (χ0n) is 10.9. The standard InChI is InChI=1S/C11H19NO4S.ClH/c1-10(2,3)16-9(13)11-6-12-4-8(11)5-17(14,15)7-11;/h8,12H,4-7H2,1-3H3;1H/t8-,11-;/m0./s1. The van der Waals surface area contributed by atoms with E-state index in [0.29, 0.717) is 13.1 Å². The molecule has 5 nitrogen and oxygen atoms in total. The Hall–Kier alpha value is -0.330. The smallest absolute Gasteiger partial charge is 0.315 e. The summed E-state index contributed by atoms with van der Waals surface area (Å²) < 4.78 is 28.7. The molecule has 2 fully saturated rings. The minimum Gasteiger partial charge on any atom is -0.459 e. The van der Waals surface area contributed by atoms with Crippen molar-refractivity contribution in [2.45, 2.75) is 26.4 Å². The van der Waals surface area contributed by atoms with Crippen LogP contribution in [0.3, 0.4) is 0 Å². The van der Waals surface area contributed by atoms with Gasteiger partial charge in [0, 0.05) is 19.0 Å². The molecule has 2 rings (SSSR count). The van der Waals surface area contributed by atoms with E-state index in [0.717, 1.165) is 0 Å². The highest BCUT2D eigenvalue weighted by atomic mass is 35.5. The number of rotatable bonds is 1. The minimum atomic E-state index is -3.11. The van der Waals surface area contributed by atoms with Crippen molar-refractivity contribution < 1.29 is 17.9 Å². The van der Waals surface area contributed by atoms with E-state index in [9.17, 15) is 13.2 Å². The number of hydrogen-bond donors (Lipinski definition) is 1. The maximum atomic E-state index is 12.2. The van der Waals surface area contributed by atoms with Crippen molar-refractivity contribution >= 4 is 28.2 Å². The van der Waals surface area contributed by atoms with Crippen LogP contribution in [0, 0.1) is 11.3 Å². The van der Waals surface area contributed by atoms with Gasteiger partial charge in [-0.15, -0.1) is 12.4 Å². The third-order valence-electron chi connectivity index (χ3n) is 3.35. The van der Waals surface area contributed by atoms with E-state index in [-0.39, 0.29) is 35.8 Å². The van der Waals surface area contributed by atoms with Gasteiger partial charge < -0.3 is 10.1 Å². The van der Waals surface area contributed by atoms with Crippen molar-refractivity contribution in [3.63, 3.8) is 0 Å². The van der Waals surface area contributed by atoms with Gasteiger partial charge in [-0.25, -0.2) is 8.42 Å². The van der Waals surface area contributed by atoms with E-state index in [4.69, 9.17) is 4.74 Å². The molecule has 0 bridgehead atoms. The second-order valence-corrected chi connectivity index (χ2v) is 8.15. The van der Waals surface area contributed by atoms with E-state index in [2.05, 4.69) is 5.32 Å². The molecule has 2 aliphatic rings. The molecule has 2 saturated heterocycles. The fraction of sp³-hybridized carbons (Fsp3) is 0.909. The summed E-state index contributed by atoms with van der Waals surface area (Å²) in [5.41, 5.74) is -1.43. The predicted molar refractivity (Wildman–Crippen MR) is 70.5 cm³/mol. The number of carbonyl (C=O) groups excluding carboxylic acids is 1. The van der Waals surface area contributed by atoms with Gasteiger partial charge in [0.2, 0.25) is 0 Å². The summed E-state index contributed by atoms with van der Waals surface area (Å²) in [6.45, 7) is 6.37. The Kier molecular flexibility index (Phi) is 4.06. The summed E-state index contributed by atoms with van der Waals surface area (Å²) in [7, 11) is -3.11. The molecule has 2 aliphatic heterocycles. The van der Waals surface area contributed by atoms with Gasteiger partial charge in [0.15, 0.2) is 9.84 Å². The molecule has 0 aliphatic carbocycles. The first-order valence-corrected chi connectivity index (χ1v) is 7.61. The molecule has 0 aromatic heterocycles. The summed E-state index contributed by atoms with van der Waals surface area (Å²) in [6, 6.07) is 0. The first kappa shape index (κ1) is 15.7. The van der Waals surface area contributed by atoms with Crippen LogP contribution in [0.4, 0.5) is 0 Å². The molecule has 0 unspecified atom stereocenters. The molecular formula is C11H20ClNO4S. The lowest BCUT2D eigenvalue weighted by atomic mass is 9.81. The number of halogens is 1. The van der Waals surface area contributed by atoms with Crippen LogP contribution < -0.4 is 5.32 Å². The highest BCUT2D eigenvalue weighted by Crippen LogP contribution is 2.42. The third-order valence-corrected chi connectivity index (χ3v) is 5.22. The number of hydrogen-bond acceptors (Lipinski definition) is 5. The van der Waals surface area contributed by atoms with Gasteiger partial charge in [-0.05, 0) is 20.8 Å². The summed E-state index contributed by atoms with van der Waals surface area (Å²) >= 11 is 0. The lowest BCUT2D eigenvalue weighted by Crippen LogP contribution is -2.43. The molecular weight excluding hydrogens is 278 g/mol. The maximum Gasteiger partial charge on any atom is 0.315 e. The van der Waals surface area contributed by atoms with Crippen molar-refractivity contribution in [3.8, 4) is 0 Å². The average molecular weight is 298 g/mol. The van der Waals surface area contributed by atoms with Gasteiger partial charge in [-0.2, -0.15) is 0 Å². The van der Waals surface area contributed by atoms with Crippen LogP contribution in [0.15, 0.2) is 0 Å². The van der Waals surface area contributed by atoms with Crippen LogP contribution in [0.25, 0.3) is 0 Å². The van der Waals surface area contributed by atoms with Crippen molar-refractivity contribution in [2.75, 3.05) is 24.6 Å². The van der Waals surface area contributed by atoms with Crippen LogP contribution in [-0.2, 0) is 19.4 Å². The first-order valence-electron chi connectivity index (χ1n) is 5.79. The Morgan fingerprint density at radius 3 is 2.56 bits per heavy atom. The van der Waals surface area contributed by atoms with Crippen LogP contribution >= 0.6 is 12.4 Å². The molecule has 0 radical (unpaired) electrons. The molecule has 0 aromatic carbocycles. The molecule has 0 saturated carbocycles. The Morgan fingerprint density at radius 2 is 2.00 bits per heavy atom. The minimum absolute atomic E-state index is 0. The molecule has 0 spiro atoms. The number of fused-ring (bicyclic) bond motifs is 1. The third kappa shape index (κ3) is 2.81. The number of nitrogens with one attached hydrogen (secondary N) is 1. The van der Waals surface area contributed by atoms with Crippen molar-refractivity contribution in [1.29, 1.82) is 0 Å². The first-order chi connectivity index (χ1) is 7.65. The molecule has 2 heterocycles. The highest BCUT2D eigenvalue weighted by Gasteiger charge is 2.59. The average Bonchev–Trinajstić information content (AvgIpc) is 2.53. The lowest BCUT2D eigenvalue weighted by molar-refractivity contribution is -0.166. The van der Waals surface area contributed by atoms with Crippen LogP contribution in [0.1, 0.15) is 20.8 Å². The fourth-order valence-electron chi connectivity index (χ4n) is 2.63. The van der Waals surface area contributed by atoms with Gasteiger partial charge in [0.1, 0.15) is 5.60 Å². The normalized spacial score (nSPS) is 33.6. The SMILES string of the molecule is CC(C)(C)OC(=O)[C@]12CNC[C@H]1CS(=O)(=O)C2.Cl. The monoisotopic (exact) mass is 297 g/mol. The topological polar surface area (TPSA) is 72.5 Å². The number of ether oxygens (including phenoxy) is 1. The zero-order valence-corrected chi connectivity index (χ0v) is 12.5. The Balaban J connectivity index is 0.00000162. The van der Waals surface area contributed by atoms with Gasteiger partial charge in [0.25, 0.3) is 0 Å². The molecule has 0 amide bonds. The molecule has 18 heavy (non-hydrogen) atoms. The molecule has 0 aromatic rings. The van der Waals surface area contributed by atoms with E-state index < -0.39 is 20.9 Å². The molecule has 2 atom stereocenters. The quantitative estimate of drug-likeness (QED) is 0.709. The Bertz CT molecular complexity index is 442. The second kappa shape index (κ2) is 4.65. The summed E-state index contributed by atoms with van der Waals surface area (Å²) in [6.07, 6.45) is 0. The van der Waals surface area contributed by atoms with Gasteiger partial charge >= 0.3 is 5.97 Å². The van der Waals surface area contributed by atoms with Gasteiger partial charge in [-0.1, -0.05) is 0 Å². The predicted octanol–water partition coefficient (Wildman–Crippen LogP) is 0.384. The van der Waals surface area contributed by atoms with E-state index in [1.807, 2.05) is 0 Å². The maximum absolute atomic E-state index is 12.2. The molecule has 106 valence electrons. The summed E-state index contributed by atoms with van der Waals surface area (Å²) in [5.74, 6) is -0.491. The highest BCUT2D eigenvalue weighted by molar-refractivity contribution is 7.91. The van der Waals surface area contributed by atoms with Crippen molar-refractivity contribution in [3.05, 3.63) is 0 Å². The Morgan fingerprint density at radius 1 is 1.39 bits per heavy atom. The summed E-state index contributed by atoms with van der Waals surface area (Å²) in [5, 5.41) is 3.10. The van der Waals surface area contributed by atoms with E-state index in [1.165, 1.54) is 0 Å². The van der Waals surface area contributed by atoms with Crippen molar-refractivity contribution in [1.82, 2.24) is 5.32 Å². The Labute approximate surface area is 114 Å². The van der Waals surface area contributed by atoms with Gasteiger partial charge in [-0.3, -0.25) is 4.79 Å². The second-order valence-electron chi connectivity index (χ2n) is 6.04. The molecule has 1 N–H and O–H groups in total. The van der Waals surface area contributed by atoms with Crippen LogP contribution in [0.5, 0.6) is 0 Å². The number of esters is 1. The largest absolute Gasteiger partial charge is 0.459 e. The van der Waals surface area contributed by atoms with Crippen LogP contribution in [0.2, 0.25) is 0 Å². The molecule has 7 heteroatoms. The number of carbonyl (C=O) groups is 1. The van der Waals surface area contributed by atoms with E-state index in [1.54, 1.807) is 20.8 Å². The lowest BCUT2D eigenvalue weighted by Gasteiger charge is -2.29. The van der Waals surface area contributed by atoms with E-state index >= 15 is 0 Å². The van der Waals surface area contributed by atoms with Crippen LogP contribution in [-0.4, -0.2) is 44.6 Å². The zero-order chi connectivity index (χ0) is 12.9. The summed E-state index contributed by atoms with van der Waals surface area (Å²) in [4.78, 5) is 12.2.